The van der Waals surface area contributed by atoms with E-state index in [1.165, 1.54) is 0 Å². The third-order valence-electron chi connectivity index (χ3n) is 3.99. The molecule has 0 fully saturated rings. The molecule has 0 unspecified atom stereocenters. The molecule has 0 rings (SSSR count). The SMILES string of the molecule is CCCCC(CCCC)O[N+](=O)OC(CCCC)CCCC. The molecule has 4 nitrogen and oxygen atoms in total. The summed E-state index contributed by atoms with van der Waals surface area (Å²) in [5.74, 6) is 0. The van der Waals surface area contributed by atoms with Crippen LogP contribution in [0.2, 0.25) is 0 Å². The van der Waals surface area contributed by atoms with Gasteiger partial charge in [-0.25, -0.2) is 0 Å². The molecule has 0 aliphatic carbocycles. The van der Waals surface area contributed by atoms with Gasteiger partial charge in [-0.15, -0.1) is 0 Å². The smallest absolute Gasteiger partial charge is 0.183 e. The summed E-state index contributed by atoms with van der Waals surface area (Å²) in [5.41, 5.74) is 0. The van der Waals surface area contributed by atoms with Gasteiger partial charge in [0.1, 0.15) is 4.91 Å². The zero-order valence-corrected chi connectivity index (χ0v) is 15.3. The fraction of sp³-hybridized carbons (Fsp3) is 1.00. The standard InChI is InChI=1S/C18H38NO3/c1-5-9-13-17(14-10-6-2)21-19(20)22-18(15-11-7-3)16-12-8-4/h17-18H,5-16H2,1-4H3/q+1. The van der Waals surface area contributed by atoms with E-state index in [4.69, 9.17) is 9.68 Å². The first-order valence-electron chi connectivity index (χ1n) is 9.48. The Balaban J connectivity index is 4.27. The molecule has 0 aromatic rings. The lowest BCUT2D eigenvalue weighted by Gasteiger charge is -2.13. The summed E-state index contributed by atoms with van der Waals surface area (Å²) >= 11 is 0. The summed E-state index contributed by atoms with van der Waals surface area (Å²) in [4.78, 5) is 23.0. The van der Waals surface area contributed by atoms with Gasteiger partial charge in [-0.05, 0) is 51.4 Å². The van der Waals surface area contributed by atoms with Crippen LogP contribution in [0, 0.1) is 4.91 Å². The summed E-state index contributed by atoms with van der Waals surface area (Å²) in [5, 5.41) is 0.409. The third kappa shape index (κ3) is 11.8. The molecule has 0 aliphatic rings. The monoisotopic (exact) mass is 316 g/mol. The van der Waals surface area contributed by atoms with E-state index in [-0.39, 0.29) is 12.2 Å². The Morgan fingerprint density at radius 1 is 0.636 bits per heavy atom. The molecule has 22 heavy (non-hydrogen) atoms. The molecule has 0 atom stereocenters. The van der Waals surface area contributed by atoms with E-state index in [2.05, 4.69) is 27.7 Å². The van der Waals surface area contributed by atoms with Crippen LogP contribution in [0.25, 0.3) is 0 Å². The zero-order valence-electron chi connectivity index (χ0n) is 15.3. The quantitative estimate of drug-likeness (QED) is 0.322. The number of hydrogen-bond donors (Lipinski definition) is 0. The number of nitrogens with zero attached hydrogens (tertiary/aromatic N) is 1. The minimum absolute atomic E-state index is 0.00426. The number of hydrogen-bond acceptors (Lipinski definition) is 3. The molecule has 0 amide bonds. The largest absolute Gasteiger partial charge is 0.478 e. The van der Waals surface area contributed by atoms with Gasteiger partial charge in [-0.3, -0.25) is 0 Å². The second-order valence-corrected chi connectivity index (χ2v) is 6.25. The lowest BCUT2D eigenvalue weighted by atomic mass is 10.1. The van der Waals surface area contributed by atoms with Crippen molar-refractivity contribution in [1.82, 2.24) is 0 Å². The second-order valence-electron chi connectivity index (χ2n) is 6.25. The van der Waals surface area contributed by atoms with Crippen molar-refractivity contribution >= 4 is 0 Å². The van der Waals surface area contributed by atoms with Crippen molar-refractivity contribution in [3.05, 3.63) is 4.91 Å². The zero-order chi connectivity index (χ0) is 16.6. The predicted molar refractivity (Wildman–Crippen MR) is 91.5 cm³/mol. The Morgan fingerprint density at radius 3 is 1.14 bits per heavy atom. The first-order valence-corrected chi connectivity index (χ1v) is 9.48. The van der Waals surface area contributed by atoms with E-state index in [1.54, 1.807) is 0 Å². The van der Waals surface area contributed by atoms with Gasteiger partial charge in [0.15, 0.2) is 12.2 Å². The van der Waals surface area contributed by atoms with Crippen molar-refractivity contribution in [1.29, 1.82) is 0 Å². The van der Waals surface area contributed by atoms with Crippen LogP contribution in [0.3, 0.4) is 0 Å². The normalized spacial score (nSPS) is 11.2. The van der Waals surface area contributed by atoms with Crippen molar-refractivity contribution < 1.29 is 14.8 Å². The van der Waals surface area contributed by atoms with Gasteiger partial charge in [0, 0.05) is 0 Å². The van der Waals surface area contributed by atoms with Crippen molar-refractivity contribution in [3.63, 3.8) is 0 Å². The molecule has 0 N–H and O–H groups in total. The predicted octanol–water partition coefficient (Wildman–Crippen LogP) is 6.13. The molecule has 0 heterocycles. The topological polar surface area (TPSA) is 38.5 Å². The summed E-state index contributed by atoms with van der Waals surface area (Å²) in [7, 11) is 0. The summed E-state index contributed by atoms with van der Waals surface area (Å²) < 4.78 is 0. The number of rotatable bonds is 16. The van der Waals surface area contributed by atoms with Crippen LogP contribution in [0.15, 0.2) is 0 Å². The minimum Gasteiger partial charge on any atom is -0.183 e. The fourth-order valence-corrected chi connectivity index (χ4v) is 2.49. The molecule has 132 valence electrons. The highest BCUT2D eigenvalue weighted by Gasteiger charge is 2.26. The maximum Gasteiger partial charge on any atom is 0.478 e. The van der Waals surface area contributed by atoms with Crippen LogP contribution in [0.1, 0.15) is 105 Å². The van der Waals surface area contributed by atoms with Crippen LogP contribution >= 0.6 is 0 Å². The van der Waals surface area contributed by atoms with Crippen LogP contribution in [-0.4, -0.2) is 17.3 Å². The second kappa shape index (κ2) is 15.1. The molecule has 0 radical (unpaired) electrons. The highest BCUT2D eigenvalue weighted by Crippen LogP contribution is 2.16. The van der Waals surface area contributed by atoms with Crippen LogP contribution in [0.4, 0.5) is 0 Å². The highest BCUT2D eigenvalue weighted by atomic mass is 17.0. The Bertz CT molecular complexity index is 219. The van der Waals surface area contributed by atoms with Crippen molar-refractivity contribution in [2.45, 2.75) is 117 Å². The number of unbranched alkanes of at least 4 members (excludes halogenated alkanes) is 4. The lowest BCUT2D eigenvalue weighted by molar-refractivity contribution is -0.993. The van der Waals surface area contributed by atoms with Gasteiger partial charge >= 0.3 is 5.09 Å². The summed E-state index contributed by atoms with van der Waals surface area (Å²) in [6.45, 7) is 8.64. The van der Waals surface area contributed by atoms with Crippen LogP contribution < -0.4 is 0 Å². The minimum atomic E-state index is -0.00426. The maximum absolute atomic E-state index is 12.0. The Morgan fingerprint density at radius 2 is 0.909 bits per heavy atom. The Labute approximate surface area is 137 Å². The van der Waals surface area contributed by atoms with E-state index in [0.29, 0.717) is 5.09 Å². The molecule has 4 heteroatoms. The summed E-state index contributed by atoms with van der Waals surface area (Å²) in [6.07, 6.45) is 12.6. The summed E-state index contributed by atoms with van der Waals surface area (Å²) in [6, 6.07) is 0. The lowest BCUT2D eigenvalue weighted by Crippen LogP contribution is -2.26. The maximum atomic E-state index is 12.0. The van der Waals surface area contributed by atoms with Gasteiger partial charge < -0.3 is 0 Å². The van der Waals surface area contributed by atoms with Gasteiger partial charge in [-0.1, -0.05) is 53.4 Å². The molecule has 0 spiro atoms. The average molecular weight is 317 g/mol. The Kier molecular flexibility index (Phi) is 14.6. The highest BCUT2D eigenvalue weighted by molar-refractivity contribution is 4.57. The molecular formula is C18H38NO3+. The van der Waals surface area contributed by atoms with Gasteiger partial charge in [0.25, 0.3) is 0 Å². The van der Waals surface area contributed by atoms with E-state index in [9.17, 15) is 4.91 Å². The average Bonchev–Trinajstić information content (AvgIpc) is 2.52. The Hall–Kier alpha value is -0.800. The van der Waals surface area contributed by atoms with Crippen molar-refractivity contribution in [2.75, 3.05) is 0 Å². The van der Waals surface area contributed by atoms with Crippen LogP contribution in [0.5, 0.6) is 0 Å². The van der Waals surface area contributed by atoms with E-state index in [0.717, 1.165) is 77.0 Å². The van der Waals surface area contributed by atoms with Crippen molar-refractivity contribution in [3.8, 4) is 0 Å². The van der Waals surface area contributed by atoms with E-state index in [1.807, 2.05) is 0 Å². The first-order chi connectivity index (χ1) is 10.7. The first kappa shape index (κ1) is 21.2. The van der Waals surface area contributed by atoms with Crippen molar-refractivity contribution in [2.24, 2.45) is 0 Å². The van der Waals surface area contributed by atoms with E-state index >= 15 is 0 Å². The van der Waals surface area contributed by atoms with Gasteiger partial charge in [0.05, 0.1) is 0 Å². The third-order valence-corrected chi connectivity index (χ3v) is 3.99. The molecule has 0 saturated heterocycles. The van der Waals surface area contributed by atoms with E-state index < -0.39 is 0 Å². The molecule has 0 aromatic heterocycles. The van der Waals surface area contributed by atoms with Gasteiger partial charge in [0.2, 0.25) is 0 Å². The molecule has 0 aliphatic heterocycles. The van der Waals surface area contributed by atoms with Crippen LogP contribution in [-0.2, 0) is 9.68 Å². The molecule has 0 aromatic carbocycles. The fourth-order valence-electron chi connectivity index (χ4n) is 2.49. The van der Waals surface area contributed by atoms with Gasteiger partial charge in [-0.2, -0.15) is 9.68 Å². The molecule has 0 bridgehead atoms. The molecular weight excluding hydrogens is 278 g/mol. The molecule has 0 saturated carbocycles.